The lowest BCUT2D eigenvalue weighted by atomic mass is 9.87. The molecule has 1 aromatic heterocycles. The Labute approximate surface area is 191 Å². The molecule has 0 aliphatic carbocycles. The third-order valence-electron chi connectivity index (χ3n) is 6.70. The number of urea groups is 1. The smallest absolute Gasteiger partial charge is 0.328 e. The molecule has 1 saturated heterocycles. The number of H-pyrrole nitrogens is 1. The zero-order valence-electron chi connectivity index (χ0n) is 18.8. The maximum absolute atomic E-state index is 13.7. The first-order valence-electron chi connectivity index (χ1n) is 11.1. The number of para-hydroxylation sites is 1. The van der Waals surface area contributed by atoms with Crippen molar-refractivity contribution >= 4 is 34.4 Å². The van der Waals surface area contributed by atoms with E-state index in [0.29, 0.717) is 31.0 Å². The summed E-state index contributed by atoms with van der Waals surface area (Å²) >= 11 is 0. The minimum absolute atomic E-state index is 0.394. The predicted octanol–water partition coefficient (Wildman–Crippen LogP) is 3.63. The van der Waals surface area contributed by atoms with Crippen molar-refractivity contribution in [2.24, 2.45) is 0 Å². The number of carbonyl (C=O) groups is 3. The molecule has 2 aliphatic heterocycles. The Bertz CT molecular complexity index is 1270. The van der Waals surface area contributed by atoms with Crippen molar-refractivity contribution in [1.29, 1.82) is 0 Å². The fourth-order valence-electron chi connectivity index (χ4n) is 4.92. The topological polar surface area (TPSA) is 94.7 Å². The van der Waals surface area contributed by atoms with Crippen LogP contribution in [-0.4, -0.2) is 51.8 Å². The Morgan fingerprint density at radius 3 is 2.64 bits per heavy atom. The van der Waals surface area contributed by atoms with Crippen LogP contribution in [0.25, 0.3) is 10.9 Å². The van der Waals surface area contributed by atoms with Crippen LogP contribution in [-0.2, 0) is 21.5 Å². The zero-order chi connectivity index (χ0) is 23.3. The van der Waals surface area contributed by atoms with E-state index >= 15 is 0 Å². The molecule has 3 aromatic rings. The molecule has 1 fully saturated rings. The summed E-state index contributed by atoms with van der Waals surface area (Å²) in [5.41, 5.74) is 2.12. The highest BCUT2D eigenvalue weighted by atomic mass is 16.5. The molecule has 3 heterocycles. The second kappa shape index (κ2) is 7.65. The average molecular weight is 447 g/mol. The molecule has 5 rings (SSSR count). The minimum atomic E-state index is -1.17. The molecular formula is C25H26N4O4. The van der Waals surface area contributed by atoms with Gasteiger partial charge in [-0.25, -0.2) is 9.69 Å². The van der Waals surface area contributed by atoms with Gasteiger partial charge in [0.25, 0.3) is 5.91 Å². The Balaban J connectivity index is 1.42. The predicted molar refractivity (Wildman–Crippen MR) is 124 cm³/mol. The SMILES string of the molecule is CCOc1ccc(NC(=O)[C@H](C)N2C(=O)N3CCc4c([nH]c5ccccc45)[C@@]3(C)C2=O)cc1. The number of hydrogen-bond acceptors (Lipinski definition) is 4. The van der Waals surface area contributed by atoms with E-state index in [4.69, 9.17) is 4.74 Å². The number of fused-ring (bicyclic) bond motifs is 5. The highest BCUT2D eigenvalue weighted by Crippen LogP contribution is 2.44. The highest BCUT2D eigenvalue weighted by Gasteiger charge is 2.60. The summed E-state index contributed by atoms with van der Waals surface area (Å²) < 4.78 is 5.42. The van der Waals surface area contributed by atoms with Crippen LogP contribution in [0.2, 0.25) is 0 Å². The summed E-state index contributed by atoms with van der Waals surface area (Å²) in [6.45, 7) is 6.20. The number of imide groups is 1. The summed E-state index contributed by atoms with van der Waals surface area (Å²) in [5, 5.41) is 3.86. The fraction of sp³-hybridized carbons (Fsp3) is 0.320. The van der Waals surface area contributed by atoms with Gasteiger partial charge in [-0.2, -0.15) is 0 Å². The van der Waals surface area contributed by atoms with Crippen molar-refractivity contribution in [3.8, 4) is 5.75 Å². The summed E-state index contributed by atoms with van der Waals surface area (Å²) in [4.78, 5) is 46.0. The number of nitrogens with zero attached hydrogens (tertiary/aromatic N) is 2. The van der Waals surface area contributed by atoms with Gasteiger partial charge in [0, 0.05) is 23.1 Å². The molecule has 0 saturated carbocycles. The van der Waals surface area contributed by atoms with Gasteiger partial charge in [0.05, 0.1) is 12.3 Å². The molecular weight excluding hydrogens is 420 g/mol. The Kier molecular flexibility index (Phi) is 4.88. The van der Waals surface area contributed by atoms with Crippen molar-refractivity contribution < 1.29 is 19.1 Å². The number of ether oxygens (including phenoxy) is 1. The number of amides is 4. The van der Waals surface area contributed by atoms with Gasteiger partial charge in [0.1, 0.15) is 11.8 Å². The van der Waals surface area contributed by atoms with Crippen LogP contribution in [0, 0.1) is 0 Å². The number of rotatable bonds is 5. The average Bonchev–Trinajstić information content (AvgIpc) is 3.29. The molecule has 0 unspecified atom stereocenters. The number of aromatic amines is 1. The van der Waals surface area contributed by atoms with Crippen LogP contribution in [0.15, 0.2) is 48.5 Å². The Hall–Kier alpha value is -3.81. The minimum Gasteiger partial charge on any atom is -0.494 e. The van der Waals surface area contributed by atoms with Gasteiger partial charge in [0.15, 0.2) is 5.54 Å². The van der Waals surface area contributed by atoms with Crippen molar-refractivity contribution in [2.75, 3.05) is 18.5 Å². The molecule has 0 spiro atoms. The highest BCUT2D eigenvalue weighted by molar-refractivity contribution is 6.12. The molecule has 170 valence electrons. The van der Waals surface area contributed by atoms with Crippen molar-refractivity contribution in [1.82, 2.24) is 14.8 Å². The molecule has 2 atom stereocenters. The van der Waals surface area contributed by atoms with Crippen LogP contribution in [0.4, 0.5) is 10.5 Å². The number of aromatic nitrogens is 1. The normalized spacial score (nSPS) is 20.6. The molecule has 33 heavy (non-hydrogen) atoms. The fourth-order valence-corrected chi connectivity index (χ4v) is 4.92. The summed E-state index contributed by atoms with van der Waals surface area (Å²) in [5.74, 6) is -0.122. The first-order valence-corrected chi connectivity index (χ1v) is 11.1. The van der Waals surface area contributed by atoms with Gasteiger partial charge in [-0.1, -0.05) is 18.2 Å². The molecule has 8 heteroatoms. The molecule has 2 N–H and O–H groups in total. The number of benzene rings is 2. The Morgan fingerprint density at radius 1 is 1.18 bits per heavy atom. The first-order chi connectivity index (χ1) is 15.9. The number of nitrogens with one attached hydrogen (secondary N) is 2. The van der Waals surface area contributed by atoms with Gasteiger partial charge < -0.3 is 19.9 Å². The zero-order valence-corrected chi connectivity index (χ0v) is 18.8. The van der Waals surface area contributed by atoms with Crippen LogP contribution >= 0.6 is 0 Å². The molecule has 2 aliphatic rings. The molecule has 0 bridgehead atoms. The second-order valence-corrected chi connectivity index (χ2v) is 8.58. The van der Waals surface area contributed by atoms with Gasteiger partial charge >= 0.3 is 6.03 Å². The van der Waals surface area contributed by atoms with Gasteiger partial charge in [-0.3, -0.25) is 9.59 Å². The van der Waals surface area contributed by atoms with Crippen molar-refractivity contribution in [3.05, 3.63) is 59.8 Å². The lowest BCUT2D eigenvalue weighted by Gasteiger charge is -2.36. The summed E-state index contributed by atoms with van der Waals surface area (Å²) in [6.07, 6.45) is 0.647. The summed E-state index contributed by atoms with van der Waals surface area (Å²) in [7, 11) is 0. The van der Waals surface area contributed by atoms with Crippen LogP contribution < -0.4 is 10.1 Å². The maximum atomic E-state index is 13.7. The van der Waals surface area contributed by atoms with E-state index < -0.39 is 29.4 Å². The molecule has 2 aromatic carbocycles. The quantitative estimate of drug-likeness (QED) is 0.585. The Morgan fingerprint density at radius 2 is 1.91 bits per heavy atom. The second-order valence-electron chi connectivity index (χ2n) is 8.58. The van der Waals surface area contributed by atoms with E-state index in [2.05, 4.69) is 10.3 Å². The summed E-state index contributed by atoms with van der Waals surface area (Å²) in [6, 6.07) is 13.5. The van der Waals surface area contributed by atoms with E-state index in [0.717, 1.165) is 27.1 Å². The lowest BCUT2D eigenvalue weighted by molar-refractivity contribution is -0.137. The van der Waals surface area contributed by atoms with Gasteiger partial charge in [0.2, 0.25) is 5.91 Å². The van der Waals surface area contributed by atoms with Gasteiger partial charge in [-0.15, -0.1) is 0 Å². The van der Waals surface area contributed by atoms with Crippen LogP contribution in [0.3, 0.4) is 0 Å². The largest absolute Gasteiger partial charge is 0.494 e. The first kappa shape index (κ1) is 21.1. The van der Waals surface area contributed by atoms with E-state index in [1.165, 1.54) is 0 Å². The van der Waals surface area contributed by atoms with Gasteiger partial charge in [-0.05, 0) is 63.1 Å². The van der Waals surface area contributed by atoms with E-state index in [-0.39, 0.29) is 0 Å². The van der Waals surface area contributed by atoms with Crippen molar-refractivity contribution in [2.45, 2.75) is 38.8 Å². The maximum Gasteiger partial charge on any atom is 0.328 e. The van der Waals surface area contributed by atoms with Crippen molar-refractivity contribution in [3.63, 3.8) is 0 Å². The molecule has 8 nitrogen and oxygen atoms in total. The number of carbonyl (C=O) groups excluding carboxylic acids is 3. The monoisotopic (exact) mass is 446 g/mol. The van der Waals surface area contributed by atoms with Crippen LogP contribution in [0.5, 0.6) is 5.75 Å². The molecule has 0 radical (unpaired) electrons. The third kappa shape index (κ3) is 3.08. The number of anilines is 1. The molecule has 4 amide bonds. The third-order valence-corrected chi connectivity index (χ3v) is 6.70. The van der Waals surface area contributed by atoms with E-state index in [1.807, 2.05) is 31.2 Å². The lowest BCUT2D eigenvalue weighted by Crippen LogP contribution is -2.49. The van der Waals surface area contributed by atoms with Crippen LogP contribution in [0.1, 0.15) is 32.0 Å². The van der Waals surface area contributed by atoms with E-state index in [1.54, 1.807) is 43.0 Å². The standard InChI is InChI=1S/C25H26N4O4/c1-4-33-17-11-9-16(10-12-17)26-22(30)15(2)29-23(31)25(3)21-19(13-14-28(25)24(29)32)18-7-5-6-8-20(18)27-21/h5-12,15,27H,4,13-14H2,1-3H3,(H,26,30)/t15-,25-/m0/s1. The van der Waals surface area contributed by atoms with E-state index in [9.17, 15) is 14.4 Å². The number of hydrogen-bond donors (Lipinski definition) is 2.